The third-order valence-electron chi connectivity index (χ3n) is 5.28. The predicted octanol–water partition coefficient (Wildman–Crippen LogP) is 2.21. The first-order valence-corrected chi connectivity index (χ1v) is 9.51. The molecule has 6 nitrogen and oxygen atoms in total. The van der Waals surface area contributed by atoms with Crippen LogP contribution in [-0.4, -0.2) is 64.9 Å². The summed E-state index contributed by atoms with van der Waals surface area (Å²) in [7, 11) is 5.94. The zero-order chi connectivity index (χ0) is 18.4. The number of hydrogen-bond acceptors (Lipinski definition) is 5. The van der Waals surface area contributed by atoms with E-state index in [1.807, 2.05) is 17.7 Å². The number of benzene rings is 1. The van der Waals surface area contributed by atoms with Crippen LogP contribution >= 0.6 is 0 Å². The van der Waals surface area contributed by atoms with Crippen molar-refractivity contribution in [2.75, 3.05) is 40.3 Å². The van der Waals surface area contributed by atoms with Crippen molar-refractivity contribution in [1.82, 2.24) is 24.6 Å². The Hall–Kier alpha value is -1.92. The zero-order valence-corrected chi connectivity index (χ0v) is 16.3. The number of piperidine rings is 1. The molecule has 0 saturated carbocycles. The van der Waals surface area contributed by atoms with Gasteiger partial charge in [-0.3, -0.25) is 4.90 Å². The molecule has 2 heterocycles. The Bertz CT molecular complexity index is 686. The number of rotatable bonds is 8. The second-order valence-corrected chi connectivity index (χ2v) is 7.43. The maximum Gasteiger partial charge on any atom is 0.146 e. The molecule has 1 aromatic carbocycles. The minimum Gasteiger partial charge on any atom is -0.496 e. The van der Waals surface area contributed by atoms with Gasteiger partial charge in [-0.25, -0.2) is 0 Å². The van der Waals surface area contributed by atoms with E-state index in [0.717, 1.165) is 43.5 Å². The SMILES string of the molecule is COc1ccccc1CCN1CCCC(CN(C)Cc2nncn2C)C1. The number of likely N-dealkylation sites (tertiary alicyclic amines) is 1. The van der Waals surface area contributed by atoms with Crippen molar-refractivity contribution in [3.05, 3.63) is 42.0 Å². The number of aryl methyl sites for hydroxylation is 1. The lowest BCUT2D eigenvalue weighted by Gasteiger charge is -2.34. The van der Waals surface area contributed by atoms with E-state index < -0.39 is 0 Å². The van der Waals surface area contributed by atoms with Crippen LogP contribution in [0, 0.1) is 5.92 Å². The number of para-hydroxylation sites is 1. The second-order valence-electron chi connectivity index (χ2n) is 7.43. The summed E-state index contributed by atoms with van der Waals surface area (Å²) in [5.41, 5.74) is 1.30. The normalized spacial score (nSPS) is 18.4. The average molecular weight is 358 g/mol. The van der Waals surface area contributed by atoms with Crippen molar-refractivity contribution >= 4 is 0 Å². The molecule has 3 rings (SSSR count). The Morgan fingerprint density at radius 2 is 2.15 bits per heavy atom. The van der Waals surface area contributed by atoms with E-state index >= 15 is 0 Å². The van der Waals surface area contributed by atoms with Gasteiger partial charge >= 0.3 is 0 Å². The van der Waals surface area contributed by atoms with Gasteiger partial charge in [0.15, 0.2) is 0 Å². The van der Waals surface area contributed by atoms with Crippen LogP contribution in [0.3, 0.4) is 0 Å². The van der Waals surface area contributed by atoms with Gasteiger partial charge in [-0.05, 0) is 50.4 Å². The number of ether oxygens (including phenoxy) is 1. The summed E-state index contributed by atoms with van der Waals surface area (Å²) in [5.74, 6) is 2.75. The van der Waals surface area contributed by atoms with Gasteiger partial charge in [-0.15, -0.1) is 10.2 Å². The summed E-state index contributed by atoms with van der Waals surface area (Å²) in [6.07, 6.45) is 5.41. The molecule has 1 aromatic heterocycles. The number of aromatic nitrogens is 3. The van der Waals surface area contributed by atoms with Gasteiger partial charge < -0.3 is 14.2 Å². The van der Waals surface area contributed by atoms with Gasteiger partial charge in [0.2, 0.25) is 0 Å². The van der Waals surface area contributed by atoms with E-state index in [-0.39, 0.29) is 0 Å². The summed E-state index contributed by atoms with van der Waals surface area (Å²) in [4.78, 5) is 4.98. The van der Waals surface area contributed by atoms with Crippen LogP contribution < -0.4 is 4.74 Å². The summed E-state index contributed by atoms with van der Waals surface area (Å²) in [6.45, 7) is 5.45. The molecule has 0 bridgehead atoms. The maximum absolute atomic E-state index is 5.48. The lowest BCUT2D eigenvalue weighted by Crippen LogP contribution is -2.41. The third kappa shape index (κ3) is 5.05. The van der Waals surface area contributed by atoms with E-state index in [2.05, 4.69) is 45.2 Å². The van der Waals surface area contributed by atoms with Crippen molar-refractivity contribution in [3.63, 3.8) is 0 Å². The molecular formula is C20H31N5O. The van der Waals surface area contributed by atoms with Crippen LogP contribution in [0.15, 0.2) is 30.6 Å². The van der Waals surface area contributed by atoms with Gasteiger partial charge in [0.05, 0.1) is 13.7 Å². The Balaban J connectivity index is 1.47. The fraction of sp³-hybridized carbons (Fsp3) is 0.600. The van der Waals surface area contributed by atoms with Crippen LogP contribution in [0.4, 0.5) is 0 Å². The summed E-state index contributed by atoms with van der Waals surface area (Å²) >= 11 is 0. The summed E-state index contributed by atoms with van der Waals surface area (Å²) < 4.78 is 7.48. The molecule has 0 radical (unpaired) electrons. The van der Waals surface area contributed by atoms with Crippen molar-refractivity contribution in [3.8, 4) is 5.75 Å². The monoisotopic (exact) mass is 357 g/mol. The second kappa shape index (κ2) is 9.14. The molecule has 1 saturated heterocycles. The molecule has 2 aromatic rings. The molecule has 1 aliphatic rings. The smallest absolute Gasteiger partial charge is 0.146 e. The Morgan fingerprint density at radius 1 is 1.31 bits per heavy atom. The average Bonchev–Trinajstić information content (AvgIpc) is 3.05. The molecule has 1 aliphatic heterocycles. The first kappa shape index (κ1) is 18.9. The first-order valence-electron chi connectivity index (χ1n) is 9.51. The van der Waals surface area contributed by atoms with Gasteiger partial charge in [-0.2, -0.15) is 0 Å². The largest absolute Gasteiger partial charge is 0.496 e. The van der Waals surface area contributed by atoms with Gasteiger partial charge in [-0.1, -0.05) is 18.2 Å². The van der Waals surface area contributed by atoms with Crippen molar-refractivity contribution in [1.29, 1.82) is 0 Å². The minimum atomic E-state index is 0.722. The highest BCUT2D eigenvalue weighted by Gasteiger charge is 2.21. The summed E-state index contributed by atoms with van der Waals surface area (Å²) in [6, 6.07) is 8.36. The van der Waals surface area contributed by atoms with Crippen LogP contribution in [0.2, 0.25) is 0 Å². The molecule has 6 heteroatoms. The van der Waals surface area contributed by atoms with Gasteiger partial charge in [0, 0.05) is 26.7 Å². The molecule has 0 amide bonds. The van der Waals surface area contributed by atoms with E-state index in [0.29, 0.717) is 0 Å². The highest BCUT2D eigenvalue weighted by atomic mass is 16.5. The van der Waals surface area contributed by atoms with Crippen LogP contribution in [0.1, 0.15) is 24.2 Å². The van der Waals surface area contributed by atoms with Crippen LogP contribution in [0.25, 0.3) is 0 Å². The van der Waals surface area contributed by atoms with Crippen molar-refractivity contribution in [2.45, 2.75) is 25.8 Å². The first-order chi connectivity index (χ1) is 12.7. The molecule has 142 valence electrons. The topological polar surface area (TPSA) is 46.4 Å². The molecule has 1 atom stereocenters. The molecule has 1 fully saturated rings. The number of methoxy groups -OCH3 is 1. The zero-order valence-electron chi connectivity index (χ0n) is 16.3. The molecule has 0 spiro atoms. The fourth-order valence-electron chi connectivity index (χ4n) is 3.89. The quantitative estimate of drug-likeness (QED) is 0.725. The molecule has 0 N–H and O–H groups in total. The number of nitrogens with zero attached hydrogens (tertiary/aromatic N) is 5. The van der Waals surface area contributed by atoms with Gasteiger partial charge in [0.1, 0.15) is 17.9 Å². The van der Waals surface area contributed by atoms with Crippen molar-refractivity contribution < 1.29 is 4.74 Å². The lowest BCUT2D eigenvalue weighted by molar-refractivity contribution is 0.141. The summed E-state index contributed by atoms with van der Waals surface area (Å²) in [5, 5.41) is 8.16. The van der Waals surface area contributed by atoms with E-state index in [9.17, 15) is 0 Å². The highest BCUT2D eigenvalue weighted by Crippen LogP contribution is 2.21. The van der Waals surface area contributed by atoms with Crippen LogP contribution in [0.5, 0.6) is 5.75 Å². The fourth-order valence-corrected chi connectivity index (χ4v) is 3.89. The van der Waals surface area contributed by atoms with Crippen molar-refractivity contribution in [2.24, 2.45) is 13.0 Å². The third-order valence-corrected chi connectivity index (χ3v) is 5.28. The van der Waals surface area contributed by atoms with Gasteiger partial charge in [0.25, 0.3) is 0 Å². The molecular weight excluding hydrogens is 326 g/mol. The van der Waals surface area contributed by atoms with E-state index in [1.165, 1.54) is 31.5 Å². The molecule has 0 aliphatic carbocycles. The maximum atomic E-state index is 5.48. The van der Waals surface area contributed by atoms with E-state index in [1.54, 1.807) is 13.4 Å². The lowest BCUT2D eigenvalue weighted by atomic mass is 9.97. The Kier molecular flexibility index (Phi) is 6.63. The Labute approximate surface area is 156 Å². The predicted molar refractivity (Wildman–Crippen MR) is 103 cm³/mol. The molecule has 26 heavy (non-hydrogen) atoms. The standard InChI is InChI=1S/C20H31N5O/c1-23(15-20-22-21-16-24(20)2)13-17-7-6-11-25(14-17)12-10-18-8-4-5-9-19(18)26-3/h4-5,8-9,16-17H,6-7,10-15H2,1-3H3. The number of hydrogen-bond donors (Lipinski definition) is 0. The highest BCUT2D eigenvalue weighted by molar-refractivity contribution is 5.33. The minimum absolute atomic E-state index is 0.722. The van der Waals surface area contributed by atoms with E-state index in [4.69, 9.17) is 4.74 Å². The Morgan fingerprint density at radius 3 is 2.92 bits per heavy atom. The molecule has 1 unspecified atom stereocenters. The van der Waals surface area contributed by atoms with Crippen LogP contribution in [-0.2, 0) is 20.0 Å².